The van der Waals surface area contributed by atoms with Crippen LogP contribution >= 0.6 is 0 Å². The number of aliphatic hydroxyl groups excluding tert-OH is 1. The fraction of sp³-hybridized carbons (Fsp3) is 0.250. The summed E-state index contributed by atoms with van der Waals surface area (Å²) in [7, 11) is 0. The number of carbonyl (C=O) groups is 4. The number of nitrogens with one attached hydrogen (secondary N) is 5. The molecule has 0 fully saturated rings. The molecule has 3 aromatic carbocycles. The Morgan fingerprint density at radius 3 is 2.17 bits per heavy atom. The van der Waals surface area contributed by atoms with E-state index in [9.17, 15) is 24.3 Å². The molecule has 12 nitrogen and oxygen atoms in total. The zero-order valence-corrected chi connectivity index (χ0v) is 26.6. The van der Waals surface area contributed by atoms with E-state index in [4.69, 9.17) is 4.52 Å². The standard InChI is InChI=1S/C36H38N6O6/c1-22-17-31(42-48-22)35(46)39-23(2)33(44)41-30(19-26-21-37-28-16-10-9-15-27(26)28)34(45)40-29(18-24-11-5-3-6-12-24)32(43)36(47)38-20-25-13-7-4-8-14-25/h3-17,21,23,29-30,32,37,43H,18-20H2,1-2H3,(H,38,47)(H,39,46)(H,40,45)(H,41,44)/t23-,29-,30-,32?/m0/s1. The average molecular weight is 651 g/mol. The van der Waals surface area contributed by atoms with Crippen molar-refractivity contribution in [2.45, 2.75) is 57.5 Å². The molecule has 4 atom stereocenters. The zero-order valence-electron chi connectivity index (χ0n) is 26.6. The Morgan fingerprint density at radius 2 is 1.48 bits per heavy atom. The van der Waals surface area contributed by atoms with Gasteiger partial charge in [0.25, 0.3) is 11.8 Å². The number of benzene rings is 3. The minimum atomic E-state index is -1.61. The number of aliphatic hydroxyl groups is 1. The number of aromatic nitrogens is 2. The van der Waals surface area contributed by atoms with Crippen LogP contribution in [0.3, 0.4) is 0 Å². The lowest BCUT2D eigenvalue weighted by Gasteiger charge is -2.27. The van der Waals surface area contributed by atoms with E-state index in [1.165, 1.54) is 13.0 Å². The van der Waals surface area contributed by atoms with Crippen molar-refractivity contribution in [3.8, 4) is 0 Å². The van der Waals surface area contributed by atoms with Crippen LogP contribution in [0.4, 0.5) is 0 Å². The number of aryl methyl sites for hydroxylation is 1. The van der Waals surface area contributed by atoms with Gasteiger partial charge in [-0.2, -0.15) is 0 Å². The summed E-state index contributed by atoms with van der Waals surface area (Å²) in [5.74, 6) is -2.07. The number of H-pyrrole nitrogens is 1. The van der Waals surface area contributed by atoms with Crippen molar-refractivity contribution >= 4 is 34.5 Å². The van der Waals surface area contributed by atoms with Gasteiger partial charge in [0, 0.05) is 36.1 Å². The molecular weight excluding hydrogens is 612 g/mol. The summed E-state index contributed by atoms with van der Waals surface area (Å²) in [5.41, 5.74) is 3.27. The van der Waals surface area contributed by atoms with Gasteiger partial charge in [-0.15, -0.1) is 0 Å². The normalized spacial score (nSPS) is 13.6. The quantitative estimate of drug-likeness (QED) is 0.107. The SMILES string of the molecule is Cc1cc(C(=O)N[C@@H](C)C(=O)N[C@@H](Cc2c[nH]c3ccccc23)C(=O)N[C@@H](Cc2ccccc2)C(O)C(=O)NCc2ccccc2)no1. The fourth-order valence-electron chi connectivity index (χ4n) is 5.30. The number of nitrogens with zero attached hydrogens (tertiary/aromatic N) is 1. The summed E-state index contributed by atoms with van der Waals surface area (Å²) in [5, 5.41) is 26.7. The maximum Gasteiger partial charge on any atom is 0.274 e. The Balaban J connectivity index is 1.35. The molecule has 0 saturated heterocycles. The van der Waals surface area contributed by atoms with E-state index in [-0.39, 0.29) is 25.1 Å². The second-order valence-corrected chi connectivity index (χ2v) is 11.6. The number of carbonyl (C=O) groups excluding carboxylic acids is 4. The van der Waals surface area contributed by atoms with Crippen molar-refractivity contribution in [3.63, 3.8) is 0 Å². The highest BCUT2D eigenvalue weighted by Crippen LogP contribution is 2.20. The average Bonchev–Trinajstić information content (AvgIpc) is 3.73. The minimum Gasteiger partial charge on any atom is -0.381 e. The van der Waals surface area contributed by atoms with Gasteiger partial charge in [-0.05, 0) is 43.0 Å². The first kappa shape index (κ1) is 33.6. The van der Waals surface area contributed by atoms with E-state index in [1.807, 2.05) is 84.9 Å². The van der Waals surface area contributed by atoms with Crippen molar-refractivity contribution in [2.24, 2.45) is 0 Å². The van der Waals surface area contributed by atoms with Crippen molar-refractivity contribution in [1.29, 1.82) is 0 Å². The molecule has 5 aromatic rings. The molecular formula is C36H38N6O6. The number of para-hydroxylation sites is 1. The Morgan fingerprint density at radius 1 is 0.812 bits per heavy atom. The molecule has 0 aliphatic carbocycles. The predicted octanol–water partition coefficient (Wildman–Crippen LogP) is 2.71. The molecule has 4 amide bonds. The highest BCUT2D eigenvalue weighted by Gasteiger charge is 2.32. The Kier molecular flexibility index (Phi) is 11.0. The number of amides is 4. The first-order chi connectivity index (χ1) is 23.2. The number of fused-ring (bicyclic) bond motifs is 1. The van der Waals surface area contributed by atoms with Crippen molar-refractivity contribution in [1.82, 2.24) is 31.4 Å². The van der Waals surface area contributed by atoms with Gasteiger partial charge in [-0.3, -0.25) is 19.2 Å². The molecule has 5 rings (SSSR count). The third-order valence-electron chi connectivity index (χ3n) is 7.92. The largest absolute Gasteiger partial charge is 0.381 e. The summed E-state index contributed by atoms with van der Waals surface area (Å²) in [6.45, 7) is 3.32. The minimum absolute atomic E-state index is 0.0171. The lowest BCUT2D eigenvalue weighted by atomic mass is 9.98. The molecule has 0 aliphatic heterocycles. The third kappa shape index (κ3) is 8.74. The Bertz CT molecular complexity index is 1850. The van der Waals surface area contributed by atoms with Gasteiger partial charge >= 0.3 is 0 Å². The molecule has 0 saturated carbocycles. The van der Waals surface area contributed by atoms with E-state index < -0.39 is 47.9 Å². The molecule has 6 N–H and O–H groups in total. The number of rotatable bonds is 14. The maximum absolute atomic E-state index is 14.0. The van der Waals surface area contributed by atoms with Crippen LogP contribution in [0.2, 0.25) is 0 Å². The van der Waals surface area contributed by atoms with E-state index in [2.05, 4.69) is 31.4 Å². The lowest BCUT2D eigenvalue weighted by molar-refractivity contribution is -0.134. The van der Waals surface area contributed by atoms with Gasteiger partial charge in [-0.25, -0.2) is 0 Å². The maximum atomic E-state index is 14.0. The number of aromatic amines is 1. The van der Waals surface area contributed by atoms with Crippen LogP contribution in [0.1, 0.15) is 39.9 Å². The van der Waals surface area contributed by atoms with E-state index in [0.717, 1.165) is 27.6 Å². The fourth-order valence-corrected chi connectivity index (χ4v) is 5.30. The van der Waals surface area contributed by atoms with Crippen LogP contribution in [0, 0.1) is 6.92 Å². The van der Waals surface area contributed by atoms with Crippen molar-refractivity contribution in [2.75, 3.05) is 0 Å². The highest BCUT2D eigenvalue weighted by atomic mass is 16.5. The van der Waals surface area contributed by atoms with Crippen LogP contribution < -0.4 is 21.3 Å². The lowest BCUT2D eigenvalue weighted by Crippen LogP contribution is -2.58. The summed E-state index contributed by atoms with van der Waals surface area (Å²) in [4.78, 5) is 56.4. The summed E-state index contributed by atoms with van der Waals surface area (Å²) >= 11 is 0. The first-order valence-electron chi connectivity index (χ1n) is 15.6. The molecule has 1 unspecified atom stereocenters. The second kappa shape index (κ2) is 15.7. The summed E-state index contributed by atoms with van der Waals surface area (Å²) < 4.78 is 4.95. The molecule has 0 aliphatic rings. The zero-order chi connectivity index (χ0) is 34.0. The van der Waals surface area contributed by atoms with Gasteiger partial charge in [0.05, 0.1) is 6.04 Å². The smallest absolute Gasteiger partial charge is 0.274 e. The van der Waals surface area contributed by atoms with Crippen molar-refractivity contribution in [3.05, 3.63) is 125 Å². The molecule has 0 spiro atoms. The number of hydrogen-bond donors (Lipinski definition) is 6. The van der Waals surface area contributed by atoms with Crippen LogP contribution in [-0.2, 0) is 33.8 Å². The summed E-state index contributed by atoms with van der Waals surface area (Å²) in [6.07, 6.45) is 0.386. The highest BCUT2D eigenvalue weighted by molar-refractivity contribution is 5.97. The van der Waals surface area contributed by atoms with E-state index >= 15 is 0 Å². The van der Waals surface area contributed by atoms with Crippen molar-refractivity contribution < 1.29 is 28.8 Å². The van der Waals surface area contributed by atoms with Gasteiger partial charge in [-0.1, -0.05) is 84.0 Å². The molecule has 0 radical (unpaired) electrons. The van der Waals surface area contributed by atoms with Crippen LogP contribution in [0.25, 0.3) is 10.9 Å². The Hall–Kier alpha value is -5.75. The van der Waals surface area contributed by atoms with Gasteiger partial charge in [0.2, 0.25) is 11.8 Å². The Labute approximate surface area is 277 Å². The van der Waals surface area contributed by atoms with E-state index in [0.29, 0.717) is 5.76 Å². The number of hydrogen-bond acceptors (Lipinski definition) is 7. The third-order valence-corrected chi connectivity index (χ3v) is 7.92. The van der Waals surface area contributed by atoms with Gasteiger partial charge in [0.1, 0.15) is 17.8 Å². The van der Waals surface area contributed by atoms with Crippen LogP contribution in [0.5, 0.6) is 0 Å². The monoisotopic (exact) mass is 650 g/mol. The second-order valence-electron chi connectivity index (χ2n) is 11.6. The van der Waals surface area contributed by atoms with E-state index in [1.54, 1.807) is 13.1 Å². The predicted molar refractivity (Wildman–Crippen MR) is 178 cm³/mol. The van der Waals surface area contributed by atoms with Gasteiger partial charge in [0.15, 0.2) is 11.8 Å². The van der Waals surface area contributed by atoms with Gasteiger partial charge < -0.3 is 35.9 Å². The van der Waals surface area contributed by atoms with Crippen LogP contribution in [0.15, 0.2) is 102 Å². The first-order valence-corrected chi connectivity index (χ1v) is 15.6. The molecule has 248 valence electrons. The molecule has 0 bridgehead atoms. The molecule has 48 heavy (non-hydrogen) atoms. The van der Waals surface area contributed by atoms with Crippen LogP contribution in [-0.4, -0.2) is 63.1 Å². The molecule has 2 aromatic heterocycles. The molecule has 12 heteroatoms. The topological polar surface area (TPSA) is 178 Å². The molecule has 2 heterocycles. The summed E-state index contributed by atoms with van der Waals surface area (Å²) in [6, 6.07) is 24.2.